The van der Waals surface area contributed by atoms with Crippen LogP contribution in [0.3, 0.4) is 0 Å². The molecule has 4 nitrogen and oxygen atoms in total. The molecule has 1 aliphatic rings. The van der Waals surface area contributed by atoms with E-state index in [1.807, 2.05) is 18.2 Å². The normalized spacial score (nSPS) is 11.9. The number of aromatic nitrogens is 4. The Bertz CT molecular complexity index is 2950. The summed E-state index contributed by atoms with van der Waals surface area (Å²) in [6, 6.07) is 60.2. The molecule has 0 radical (unpaired) electrons. The van der Waals surface area contributed by atoms with Crippen LogP contribution in [0.15, 0.2) is 170 Å². The number of hydrogen-bond acceptors (Lipinski definition) is 3. The maximum absolute atomic E-state index is 5.38. The Balaban J connectivity index is 1.23. The number of fused-ring (bicyclic) bond motifs is 7. The molecule has 8 aromatic carbocycles. The predicted molar refractivity (Wildman–Crippen MR) is 210 cm³/mol. The summed E-state index contributed by atoms with van der Waals surface area (Å²) >= 11 is 0. The van der Waals surface area contributed by atoms with Crippen LogP contribution in [0, 0.1) is 0 Å². The monoisotopic (exact) mass is 648 g/mol. The molecule has 0 unspecified atom stereocenters. The van der Waals surface area contributed by atoms with Crippen LogP contribution in [0.25, 0.3) is 105 Å². The third-order valence-electron chi connectivity index (χ3n) is 10.4. The van der Waals surface area contributed by atoms with Gasteiger partial charge in [-0.25, -0.2) is 15.0 Å². The van der Waals surface area contributed by atoms with Crippen LogP contribution >= 0.6 is 0 Å². The quantitative estimate of drug-likeness (QED) is 0.191. The molecule has 2 heterocycles. The van der Waals surface area contributed by atoms with Crippen LogP contribution < -0.4 is 0 Å². The van der Waals surface area contributed by atoms with Crippen LogP contribution in [0.5, 0.6) is 0 Å². The highest BCUT2D eigenvalue weighted by Gasteiger charge is 2.25. The fourth-order valence-corrected chi connectivity index (χ4v) is 8.18. The van der Waals surface area contributed by atoms with Gasteiger partial charge in [-0.2, -0.15) is 0 Å². The first-order chi connectivity index (χ1) is 25.3. The summed E-state index contributed by atoms with van der Waals surface area (Å²) in [5, 5.41) is 7.09. The molecule has 0 amide bonds. The first-order valence-electron chi connectivity index (χ1n) is 17.3. The van der Waals surface area contributed by atoms with Gasteiger partial charge in [0.2, 0.25) is 0 Å². The summed E-state index contributed by atoms with van der Waals surface area (Å²) in [5.41, 5.74) is 11.2. The fraction of sp³-hybridized carbons (Fsp3) is 0. The van der Waals surface area contributed by atoms with Gasteiger partial charge in [0.05, 0.1) is 16.7 Å². The molecule has 236 valence electrons. The van der Waals surface area contributed by atoms with E-state index in [0.29, 0.717) is 17.5 Å². The maximum atomic E-state index is 5.38. The molecule has 10 aromatic rings. The molecule has 0 N–H and O–H groups in total. The Kier molecular flexibility index (Phi) is 5.92. The van der Waals surface area contributed by atoms with Crippen molar-refractivity contribution in [2.45, 2.75) is 0 Å². The van der Waals surface area contributed by atoms with E-state index in [-0.39, 0.29) is 0 Å². The van der Waals surface area contributed by atoms with E-state index in [1.54, 1.807) is 0 Å². The van der Waals surface area contributed by atoms with Crippen LogP contribution in [-0.4, -0.2) is 19.5 Å². The minimum Gasteiger partial charge on any atom is -0.308 e. The van der Waals surface area contributed by atoms with Crippen molar-refractivity contribution in [2.24, 2.45) is 0 Å². The Morgan fingerprint density at radius 2 is 0.824 bits per heavy atom. The number of hydrogen-bond donors (Lipinski definition) is 0. The lowest BCUT2D eigenvalue weighted by molar-refractivity contribution is 1.07. The van der Waals surface area contributed by atoms with E-state index >= 15 is 0 Å². The van der Waals surface area contributed by atoms with Gasteiger partial charge >= 0.3 is 0 Å². The second kappa shape index (κ2) is 10.8. The zero-order valence-corrected chi connectivity index (χ0v) is 27.5. The smallest absolute Gasteiger partial charge is 0.166 e. The van der Waals surface area contributed by atoms with Crippen molar-refractivity contribution in [3.05, 3.63) is 170 Å². The number of benzene rings is 8. The number of nitrogens with zero attached hydrogens (tertiary/aromatic N) is 4. The molecular formula is C47H28N4. The summed E-state index contributed by atoms with van der Waals surface area (Å²) in [6.45, 7) is 0. The van der Waals surface area contributed by atoms with Gasteiger partial charge in [0.15, 0.2) is 17.5 Å². The lowest BCUT2D eigenvalue weighted by Gasteiger charge is -2.17. The molecule has 51 heavy (non-hydrogen) atoms. The number of rotatable bonds is 4. The summed E-state index contributed by atoms with van der Waals surface area (Å²) in [5.74, 6) is 1.93. The van der Waals surface area contributed by atoms with Crippen LogP contribution in [0.2, 0.25) is 0 Å². The van der Waals surface area contributed by atoms with Gasteiger partial charge in [-0.05, 0) is 62.7 Å². The molecule has 0 bridgehead atoms. The first-order valence-corrected chi connectivity index (χ1v) is 17.3. The third-order valence-corrected chi connectivity index (χ3v) is 10.4. The molecule has 0 atom stereocenters. The van der Waals surface area contributed by atoms with Crippen molar-refractivity contribution in [2.75, 3.05) is 0 Å². The Morgan fingerprint density at radius 3 is 1.57 bits per heavy atom. The fourth-order valence-electron chi connectivity index (χ4n) is 8.18. The van der Waals surface area contributed by atoms with Crippen LogP contribution in [-0.2, 0) is 0 Å². The highest BCUT2D eigenvalue weighted by atomic mass is 15.1. The lowest BCUT2D eigenvalue weighted by Crippen LogP contribution is -2.04. The summed E-state index contributed by atoms with van der Waals surface area (Å²) in [6.07, 6.45) is 0. The summed E-state index contributed by atoms with van der Waals surface area (Å²) < 4.78 is 2.39. The van der Waals surface area contributed by atoms with Gasteiger partial charge in [-0.1, -0.05) is 146 Å². The first kappa shape index (κ1) is 28.0. The Labute approximate surface area is 294 Å². The van der Waals surface area contributed by atoms with Crippen molar-refractivity contribution >= 4 is 43.4 Å². The van der Waals surface area contributed by atoms with Crippen LogP contribution in [0.1, 0.15) is 0 Å². The molecule has 4 heteroatoms. The second-order valence-corrected chi connectivity index (χ2v) is 13.2. The predicted octanol–water partition coefficient (Wildman–Crippen LogP) is 11.9. The average Bonchev–Trinajstić information content (AvgIpc) is 3.71. The van der Waals surface area contributed by atoms with E-state index in [2.05, 4.69) is 156 Å². The van der Waals surface area contributed by atoms with Gasteiger partial charge in [0.25, 0.3) is 0 Å². The van der Waals surface area contributed by atoms with E-state index in [9.17, 15) is 0 Å². The van der Waals surface area contributed by atoms with E-state index in [0.717, 1.165) is 49.6 Å². The topological polar surface area (TPSA) is 43.6 Å². The minimum atomic E-state index is 0.632. The van der Waals surface area contributed by atoms with Crippen molar-refractivity contribution in [3.63, 3.8) is 0 Å². The number of para-hydroxylation sites is 2. The van der Waals surface area contributed by atoms with Crippen LogP contribution in [0.4, 0.5) is 0 Å². The molecule has 2 aromatic heterocycles. The SMILES string of the molecule is c1ccc(-c2nc(-c3ccc4ccccc4c3-n3c4ccccc4c4ccccc43)nc(-c3ccc4c5c(cccc35)-c3ccccc3-4)n2)cc1. The van der Waals surface area contributed by atoms with Crippen molar-refractivity contribution < 1.29 is 0 Å². The maximum Gasteiger partial charge on any atom is 0.166 e. The molecule has 0 aliphatic heterocycles. The van der Waals surface area contributed by atoms with Gasteiger partial charge in [0, 0.05) is 32.8 Å². The van der Waals surface area contributed by atoms with Gasteiger partial charge < -0.3 is 4.57 Å². The Hall–Kier alpha value is -6.91. The van der Waals surface area contributed by atoms with E-state index < -0.39 is 0 Å². The largest absolute Gasteiger partial charge is 0.308 e. The van der Waals surface area contributed by atoms with Crippen molar-refractivity contribution in [3.8, 4) is 62.1 Å². The summed E-state index contributed by atoms with van der Waals surface area (Å²) in [7, 11) is 0. The Morgan fingerprint density at radius 1 is 0.314 bits per heavy atom. The highest BCUT2D eigenvalue weighted by molar-refractivity contribution is 6.18. The second-order valence-electron chi connectivity index (χ2n) is 13.2. The summed E-state index contributed by atoms with van der Waals surface area (Å²) in [4.78, 5) is 15.8. The molecule has 11 rings (SSSR count). The molecular weight excluding hydrogens is 621 g/mol. The molecule has 0 spiro atoms. The molecule has 0 fully saturated rings. The standard InChI is InChI=1S/C47H28N4/c1-2-14-30(15-3-1)45-48-46(39-28-27-38-33-18-7-6-17-32(33)36-21-12-22-37(39)43(36)38)50-47(49-45)40-26-25-29-13-4-5-16-31(29)44(40)51-41-23-10-8-19-34(41)35-20-9-11-24-42(35)51/h1-28H. The minimum absolute atomic E-state index is 0.632. The van der Waals surface area contributed by atoms with E-state index in [1.165, 1.54) is 38.4 Å². The highest BCUT2D eigenvalue weighted by Crippen LogP contribution is 2.49. The van der Waals surface area contributed by atoms with E-state index in [4.69, 9.17) is 15.0 Å². The van der Waals surface area contributed by atoms with Gasteiger partial charge in [0.1, 0.15) is 0 Å². The zero-order chi connectivity index (χ0) is 33.5. The van der Waals surface area contributed by atoms with Crippen molar-refractivity contribution in [1.29, 1.82) is 0 Å². The van der Waals surface area contributed by atoms with Gasteiger partial charge in [-0.15, -0.1) is 0 Å². The van der Waals surface area contributed by atoms with Crippen molar-refractivity contribution in [1.82, 2.24) is 19.5 Å². The molecule has 0 saturated carbocycles. The molecule has 0 saturated heterocycles. The lowest BCUT2D eigenvalue weighted by atomic mass is 9.98. The zero-order valence-electron chi connectivity index (χ0n) is 27.5. The average molecular weight is 649 g/mol. The van der Waals surface area contributed by atoms with Gasteiger partial charge in [-0.3, -0.25) is 0 Å². The third kappa shape index (κ3) is 4.11. The molecule has 1 aliphatic carbocycles.